The summed E-state index contributed by atoms with van der Waals surface area (Å²) in [7, 11) is 3.99. The largest absolute Gasteiger partial charge is 0.466 e. The Balaban J connectivity index is 2.13. The molecule has 2 aromatic heterocycles. The summed E-state index contributed by atoms with van der Waals surface area (Å²) in [4.78, 5) is 33.9. The van der Waals surface area contributed by atoms with Gasteiger partial charge in [-0.25, -0.2) is 4.79 Å². The van der Waals surface area contributed by atoms with Crippen LogP contribution in [-0.2, 0) is 18.8 Å². The number of hydrogen-bond acceptors (Lipinski definition) is 9. The Morgan fingerprint density at radius 2 is 1.88 bits per heavy atom. The van der Waals surface area contributed by atoms with E-state index in [0.717, 1.165) is 13.9 Å². The van der Waals surface area contributed by atoms with E-state index in [2.05, 4.69) is 4.98 Å². The van der Waals surface area contributed by atoms with Crippen LogP contribution in [0.15, 0.2) is 9.59 Å². The lowest BCUT2D eigenvalue weighted by molar-refractivity contribution is -0.171. The topological polar surface area (TPSA) is 150 Å². The molecule has 1 fully saturated rings. The molecule has 138 valence electrons. The number of ether oxygens (including phenoxy) is 2. The summed E-state index contributed by atoms with van der Waals surface area (Å²) >= 11 is 0. The van der Waals surface area contributed by atoms with Crippen molar-refractivity contribution in [1.82, 2.24) is 18.8 Å². The maximum Gasteiger partial charge on any atom is 0.333 e. The molecule has 3 N–H and O–H groups in total. The van der Waals surface area contributed by atoms with Gasteiger partial charge in [-0.1, -0.05) is 0 Å². The van der Waals surface area contributed by atoms with Crippen LogP contribution in [-0.4, -0.2) is 72.5 Å². The molecular formula is C13H18N4O8. The maximum atomic E-state index is 12.5. The van der Waals surface area contributed by atoms with Crippen molar-refractivity contribution >= 4 is 11.2 Å². The third-order valence-corrected chi connectivity index (χ3v) is 4.08. The van der Waals surface area contributed by atoms with Gasteiger partial charge in [-0.15, -0.1) is 4.73 Å². The van der Waals surface area contributed by atoms with Gasteiger partial charge in [0, 0.05) is 14.1 Å². The van der Waals surface area contributed by atoms with Gasteiger partial charge in [0.15, 0.2) is 11.2 Å². The molecule has 0 amide bonds. The van der Waals surface area contributed by atoms with E-state index in [1.54, 1.807) is 0 Å². The zero-order chi connectivity index (χ0) is 18.5. The number of aliphatic hydroxyl groups is 3. The Hall–Kier alpha value is -2.41. The van der Waals surface area contributed by atoms with E-state index in [1.807, 2.05) is 0 Å². The molecule has 1 saturated heterocycles. The highest BCUT2D eigenvalue weighted by Crippen LogP contribution is 2.23. The second-order valence-corrected chi connectivity index (χ2v) is 5.58. The molecule has 0 aromatic carbocycles. The highest BCUT2D eigenvalue weighted by atomic mass is 16.8. The third-order valence-electron chi connectivity index (χ3n) is 4.08. The Labute approximate surface area is 140 Å². The molecule has 0 aliphatic carbocycles. The van der Waals surface area contributed by atoms with Gasteiger partial charge in [-0.05, 0) is 0 Å². The van der Waals surface area contributed by atoms with Crippen molar-refractivity contribution in [3.63, 3.8) is 0 Å². The number of hydrogen-bond donors (Lipinski definition) is 3. The molecule has 4 atom stereocenters. The minimum absolute atomic E-state index is 0.0108. The van der Waals surface area contributed by atoms with Gasteiger partial charge in [0.2, 0.25) is 0 Å². The van der Waals surface area contributed by atoms with Crippen LogP contribution in [0.1, 0.15) is 0 Å². The fraction of sp³-hybridized carbons (Fsp3) is 0.615. The molecule has 1 aliphatic rings. The number of fused-ring (bicyclic) bond motifs is 1. The van der Waals surface area contributed by atoms with Crippen LogP contribution in [0.4, 0.5) is 0 Å². The van der Waals surface area contributed by atoms with E-state index >= 15 is 0 Å². The fourth-order valence-corrected chi connectivity index (χ4v) is 2.64. The van der Waals surface area contributed by atoms with Crippen LogP contribution in [0.25, 0.3) is 11.2 Å². The van der Waals surface area contributed by atoms with Crippen LogP contribution in [0.2, 0.25) is 0 Å². The molecule has 0 radical (unpaired) electrons. The number of aromatic nitrogens is 4. The second kappa shape index (κ2) is 6.15. The summed E-state index contributed by atoms with van der Waals surface area (Å²) in [6.45, 7) is -0.532. The highest BCUT2D eigenvalue weighted by molar-refractivity contribution is 5.71. The van der Waals surface area contributed by atoms with Gasteiger partial charge in [-0.2, -0.15) is 4.98 Å². The molecule has 0 spiro atoms. The number of rotatable bonds is 4. The quantitative estimate of drug-likeness (QED) is 0.502. The van der Waals surface area contributed by atoms with E-state index in [1.165, 1.54) is 21.2 Å². The summed E-state index contributed by atoms with van der Waals surface area (Å²) < 4.78 is 13.2. The Kier molecular flexibility index (Phi) is 4.28. The van der Waals surface area contributed by atoms with E-state index < -0.39 is 42.5 Å². The Bertz CT molecular complexity index is 915. The summed E-state index contributed by atoms with van der Waals surface area (Å²) in [5, 5.41) is 28.9. The van der Waals surface area contributed by atoms with Crippen molar-refractivity contribution in [3.8, 4) is 6.01 Å². The molecule has 12 heteroatoms. The Morgan fingerprint density at radius 1 is 1.20 bits per heavy atom. The Morgan fingerprint density at radius 3 is 2.44 bits per heavy atom. The predicted octanol–water partition coefficient (Wildman–Crippen LogP) is -3.69. The summed E-state index contributed by atoms with van der Waals surface area (Å²) in [5.74, 6) is 0. The number of aliphatic hydroxyl groups excluding tert-OH is 3. The van der Waals surface area contributed by atoms with E-state index in [-0.39, 0.29) is 17.2 Å². The molecule has 3 rings (SSSR count). The molecule has 3 heterocycles. The van der Waals surface area contributed by atoms with E-state index in [0.29, 0.717) is 0 Å². The van der Waals surface area contributed by atoms with Gasteiger partial charge in [-0.3, -0.25) is 13.9 Å². The number of aryl methyl sites for hydroxylation is 1. The van der Waals surface area contributed by atoms with Crippen LogP contribution < -0.4 is 20.8 Å². The monoisotopic (exact) mass is 358 g/mol. The van der Waals surface area contributed by atoms with E-state index in [9.17, 15) is 19.8 Å². The maximum absolute atomic E-state index is 12.5. The second-order valence-electron chi connectivity index (χ2n) is 5.58. The van der Waals surface area contributed by atoms with Gasteiger partial charge in [0.1, 0.15) is 18.3 Å². The molecule has 25 heavy (non-hydrogen) atoms. The first-order valence-electron chi connectivity index (χ1n) is 7.33. The lowest BCUT2D eigenvalue weighted by Crippen LogP contribution is -2.41. The lowest BCUT2D eigenvalue weighted by Gasteiger charge is -2.17. The predicted molar refractivity (Wildman–Crippen MR) is 81.1 cm³/mol. The minimum atomic E-state index is -1.48. The van der Waals surface area contributed by atoms with Crippen molar-refractivity contribution < 1.29 is 29.6 Å². The highest BCUT2D eigenvalue weighted by Gasteiger charge is 2.45. The first-order chi connectivity index (χ1) is 11.8. The third kappa shape index (κ3) is 2.50. The standard InChI is InChI=1S/C13H18N4O8/c1-15-9-6(10(21)16(2)13(15)22)17(12(14-9)23-3)25-11-8(20)7(19)5(4-18)24-11/h5,7-8,11,18-20H,4H2,1-3H3/t5-,7-,8-,11+/m1/s1. The first kappa shape index (κ1) is 17.4. The SMILES string of the molecule is COc1nc2c(c(=O)n(C)c(=O)n2C)n1O[C@@H]1O[C@H](CO)[C@@H](O)[C@H]1O. The zero-order valence-electron chi connectivity index (χ0n) is 13.7. The smallest absolute Gasteiger partial charge is 0.333 e. The number of imidazole rings is 1. The average molecular weight is 358 g/mol. The van der Waals surface area contributed by atoms with Crippen molar-refractivity contribution in [3.05, 3.63) is 20.8 Å². The van der Waals surface area contributed by atoms with Crippen LogP contribution in [0.5, 0.6) is 6.01 Å². The molecule has 1 aliphatic heterocycles. The minimum Gasteiger partial charge on any atom is -0.466 e. The van der Waals surface area contributed by atoms with Gasteiger partial charge >= 0.3 is 11.7 Å². The zero-order valence-corrected chi connectivity index (χ0v) is 13.7. The summed E-state index contributed by atoms with van der Waals surface area (Å²) in [5.41, 5.74) is -1.38. The average Bonchev–Trinajstić information content (AvgIpc) is 3.10. The van der Waals surface area contributed by atoms with E-state index in [4.69, 9.17) is 19.4 Å². The van der Waals surface area contributed by atoms with Gasteiger partial charge < -0.3 is 29.6 Å². The van der Waals surface area contributed by atoms with Crippen molar-refractivity contribution in [2.45, 2.75) is 24.6 Å². The van der Waals surface area contributed by atoms with Crippen LogP contribution in [0.3, 0.4) is 0 Å². The lowest BCUT2D eigenvalue weighted by atomic mass is 10.1. The first-order valence-corrected chi connectivity index (χ1v) is 7.33. The summed E-state index contributed by atoms with van der Waals surface area (Å²) in [6.07, 6.45) is -5.29. The van der Waals surface area contributed by atoms with Crippen LogP contribution >= 0.6 is 0 Å². The summed E-state index contributed by atoms with van der Waals surface area (Å²) in [6, 6.07) is -0.161. The number of nitrogens with zero attached hydrogens (tertiary/aromatic N) is 4. The molecular weight excluding hydrogens is 340 g/mol. The van der Waals surface area contributed by atoms with Crippen LogP contribution in [0, 0.1) is 0 Å². The number of methoxy groups -OCH3 is 1. The van der Waals surface area contributed by atoms with Gasteiger partial charge in [0.05, 0.1) is 13.7 Å². The fourth-order valence-electron chi connectivity index (χ4n) is 2.64. The normalized spacial score (nSPS) is 26.3. The van der Waals surface area contributed by atoms with Gasteiger partial charge in [0.25, 0.3) is 11.8 Å². The molecule has 0 unspecified atom stereocenters. The van der Waals surface area contributed by atoms with Crippen molar-refractivity contribution in [2.24, 2.45) is 14.1 Å². The van der Waals surface area contributed by atoms with Crippen molar-refractivity contribution in [1.29, 1.82) is 0 Å². The molecule has 0 saturated carbocycles. The molecule has 2 aromatic rings. The molecule has 12 nitrogen and oxygen atoms in total. The molecule has 0 bridgehead atoms. The van der Waals surface area contributed by atoms with Crippen molar-refractivity contribution in [2.75, 3.05) is 13.7 Å².